The minimum atomic E-state index is -0.594. The summed E-state index contributed by atoms with van der Waals surface area (Å²) >= 11 is 6.21. The van der Waals surface area contributed by atoms with Gasteiger partial charge in [0.2, 0.25) is 0 Å². The average molecular weight is 231 g/mol. The van der Waals surface area contributed by atoms with Crippen LogP contribution < -0.4 is 0 Å². The van der Waals surface area contributed by atoms with Crippen LogP contribution in [0, 0.1) is 11.3 Å². The van der Waals surface area contributed by atoms with Gasteiger partial charge in [0.1, 0.15) is 0 Å². The molecular weight excluding hydrogens is 208 g/mol. The second kappa shape index (κ2) is 4.45. The van der Waals surface area contributed by atoms with Crippen molar-refractivity contribution in [1.29, 1.82) is 0 Å². The summed E-state index contributed by atoms with van der Waals surface area (Å²) in [4.78, 5) is 11.2. The lowest BCUT2D eigenvalue weighted by Gasteiger charge is -2.34. The molecule has 88 valence electrons. The minimum Gasteiger partial charge on any atom is -0.298 e. The van der Waals surface area contributed by atoms with Crippen LogP contribution in [0.4, 0.5) is 0 Å². The van der Waals surface area contributed by atoms with Gasteiger partial charge in [-0.25, -0.2) is 0 Å². The van der Waals surface area contributed by atoms with Crippen molar-refractivity contribution in [2.45, 2.75) is 64.7 Å². The third-order valence-electron chi connectivity index (χ3n) is 3.72. The van der Waals surface area contributed by atoms with Gasteiger partial charge in [0.25, 0.3) is 0 Å². The van der Waals surface area contributed by atoms with E-state index in [1.807, 2.05) is 6.92 Å². The Kier molecular flexibility index (Phi) is 3.86. The summed E-state index contributed by atoms with van der Waals surface area (Å²) in [6, 6.07) is 0. The fourth-order valence-corrected chi connectivity index (χ4v) is 2.62. The van der Waals surface area contributed by atoms with Gasteiger partial charge in [-0.3, -0.25) is 4.79 Å². The van der Waals surface area contributed by atoms with Crippen LogP contribution in [0.1, 0.15) is 59.8 Å². The van der Waals surface area contributed by atoms with Crippen LogP contribution in [0.2, 0.25) is 0 Å². The summed E-state index contributed by atoms with van der Waals surface area (Å²) in [6.45, 7) is 8.67. The van der Waals surface area contributed by atoms with Crippen LogP contribution in [-0.4, -0.2) is 10.7 Å². The molecule has 0 aromatic rings. The van der Waals surface area contributed by atoms with E-state index < -0.39 is 4.87 Å². The van der Waals surface area contributed by atoms with Crippen LogP contribution in [-0.2, 0) is 4.79 Å². The van der Waals surface area contributed by atoms with Gasteiger partial charge in [0.15, 0.2) is 5.78 Å². The fourth-order valence-electron chi connectivity index (χ4n) is 2.40. The molecule has 0 aliphatic heterocycles. The Labute approximate surface area is 98.6 Å². The molecule has 2 atom stereocenters. The number of Topliss-reactive ketones (excluding diaryl/α,β-unsaturated/α-hetero) is 1. The quantitative estimate of drug-likeness (QED) is 0.571. The number of hydrogen-bond donors (Lipinski definition) is 0. The van der Waals surface area contributed by atoms with E-state index >= 15 is 0 Å². The summed E-state index contributed by atoms with van der Waals surface area (Å²) in [5.74, 6) is 0.896. The Morgan fingerprint density at radius 2 is 1.93 bits per heavy atom. The van der Waals surface area contributed by atoms with Gasteiger partial charge in [-0.2, -0.15) is 0 Å². The molecule has 1 rings (SSSR count). The molecule has 1 nitrogen and oxygen atoms in total. The first kappa shape index (κ1) is 13.0. The molecule has 0 saturated heterocycles. The topological polar surface area (TPSA) is 17.1 Å². The van der Waals surface area contributed by atoms with E-state index in [2.05, 4.69) is 20.8 Å². The molecule has 0 amide bonds. The van der Waals surface area contributed by atoms with Crippen molar-refractivity contribution in [2.75, 3.05) is 0 Å². The maximum Gasteiger partial charge on any atom is 0.153 e. The SMILES string of the molecule is CC(C)(C)[C@H]1CCC[C@@](C)(Cl)C(=O)CC1. The predicted molar refractivity (Wildman–Crippen MR) is 65.3 cm³/mol. The number of carbonyl (C=O) groups is 1. The highest BCUT2D eigenvalue weighted by Gasteiger charge is 2.34. The lowest BCUT2D eigenvalue weighted by molar-refractivity contribution is -0.122. The van der Waals surface area contributed by atoms with Crippen LogP contribution in [0.15, 0.2) is 0 Å². The maximum atomic E-state index is 11.8. The van der Waals surface area contributed by atoms with Crippen molar-refractivity contribution in [1.82, 2.24) is 0 Å². The van der Waals surface area contributed by atoms with Crippen molar-refractivity contribution in [3.8, 4) is 0 Å². The van der Waals surface area contributed by atoms with Crippen LogP contribution in [0.3, 0.4) is 0 Å². The first-order valence-electron chi connectivity index (χ1n) is 5.96. The fraction of sp³-hybridized carbons (Fsp3) is 0.923. The third-order valence-corrected chi connectivity index (χ3v) is 4.12. The van der Waals surface area contributed by atoms with E-state index in [0.717, 1.165) is 19.3 Å². The second-order valence-electron chi connectivity index (χ2n) is 6.11. The molecule has 15 heavy (non-hydrogen) atoms. The van der Waals surface area contributed by atoms with E-state index in [-0.39, 0.29) is 5.78 Å². The predicted octanol–water partition coefficient (Wildman–Crippen LogP) is 4.18. The summed E-state index contributed by atoms with van der Waals surface area (Å²) in [7, 11) is 0. The highest BCUT2D eigenvalue weighted by Crippen LogP contribution is 2.38. The Morgan fingerprint density at radius 1 is 1.33 bits per heavy atom. The lowest BCUT2D eigenvalue weighted by Crippen LogP contribution is -2.33. The molecule has 1 fully saturated rings. The van der Waals surface area contributed by atoms with Gasteiger partial charge in [-0.05, 0) is 37.5 Å². The third kappa shape index (κ3) is 3.48. The zero-order valence-electron chi connectivity index (χ0n) is 10.4. The first-order chi connectivity index (χ1) is 6.73. The molecule has 2 heteroatoms. The molecule has 0 heterocycles. The molecular formula is C13H23ClO. The minimum absolute atomic E-state index is 0.234. The monoisotopic (exact) mass is 230 g/mol. The summed E-state index contributed by atoms with van der Waals surface area (Å²) in [6.07, 6.45) is 4.78. The molecule has 0 aromatic carbocycles. The first-order valence-corrected chi connectivity index (χ1v) is 6.33. The molecule has 1 aliphatic carbocycles. The number of alkyl halides is 1. The Hall–Kier alpha value is -0.0400. The van der Waals surface area contributed by atoms with E-state index in [0.29, 0.717) is 17.8 Å². The smallest absolute Gasteiger partial charge is 0.153 e. The van der Waals surface area contributed by atoms with E-state index in [1.54, 1.807) is 0 Å². The number of carbonyl (C=O) groups excluding carboxylic acids is 1. The van der Waals surface area contributed by atoms with Gasteiger partial charge in [0, 0.05) is 6.42 Å². The summed E-state index contributed by atoms with van der Waals surface area (Å²) < 4.78 is 0. The zero-order valence-corrected chi connectivity index (χ0v) is 11.2. The summed E-state index contributed by atoms with van der Waals surface area (Å²) in [5.41, 5.74) is 0.320. The van der Waals surface area contributed by atoms with Crippen LogP contribution in [0.25, 0.3) is 0 Å². The van der Waals surface area contributed by atoms with Crippen molar-refractivity contribution in [3.63, 3.8) is 0 Å². The van der Waals surface area contributed by atoms with Crippen molar-refractivity contribution >= 4 is 17.4 Å². The molecule has 0 radical (unpaired) electrons. The molecule has 0 unspecified atom stereocenters. The van der Waals surface area contributed by atoms with Gasteiger partial charge in [0.05, 0.1) is 4.87 Å². The lowest BCUT2D eigenvalue weighted by atomic mass is 9.72. The second-order valence-corrected chi connectivity index (χ2v) is 6.95. The largest absolute Gasteiger partial charge is 0.298 e. The summed E-state index contributed by atoms with van der Waals surface area (Å²) in [5, 5.41) is 0. The van der Waals surface area contributed by atoms with Gasteiger partial charge < -0.3 is 0 Å². The maximum absolute atomic E-state index is 11.8. The van der Waals surface area contributed by atoms with Gasteiger partial charge >= 0.3 is 0 Å². The number of hydrogen-bond acceptors (Lipinski definition) is 1. The number of halogens is 1. The standard InChI is InChI=1S/C13H23ClO/c1-12(2,3)10-6-5-9-13(4,14)11(15)8-7-10/h10H,5-9H2,1-4H3/t10-,13+/m0/s1. The van der Waals surface area contributed by atoms with Gasteiger partial charge in [-0.15, -0.1) is 11.6 Å². The molecule has 1 aliphatic rings. The van der Waals surface area contributed by atoms with Gasteiger partial charge in [-0.1, -0.05) is 27.2 Å². The Balaban J connectivity index is 2.65. The molecule has 0 N–H and O–H groups in total. The molecule has 0 bridgehead atoms. The Morgan fingerprint density at radius 3 is 2.47 bits per heavy atom. The zero-order chi connectivity index (χ0) is 11.7. The molecule has 1 saturated carbocycles. The number of ketones is 1. The van der Waals surface area contributed by atoms with E-state index in [4.69, 9.17) is 11.6 Å². The van der Waals surface area contributed by atoms with Crippen molar-refractivity contribution in [3.05, 3.63) is 0 Å². The van der Waals surface area contributed by atoms with Crippen molar-refractivity contribution in [2.24, 2.45) is 11.3 Å². The van der Waals surface area contributed by atoms with Crippen LogP contribution >= 0.6 is 11.6 Å². The highest BCUT2D eigenvalue weighted by atomic mass is 35.5. The van der Waals surface area contributed by atoms with E-state index in [1.165, 1.54) is 6.42 Å². The van der Waals surface area contributed by atoms with Crippen LogP contribution in [0.5, 0.6) is 0 Å². The number of rotatable bonds is 0. The molecule has 0 spiro atoms. The van der Waals surface area contributed by atoms with Crippen molar-refractivity contribution < 1.29 is 4.79 Å². The normalized spacial score (nSPS) is 34.7. The Bertz CT molecular complexity index is 237. The van der Waals surface area contributed by atoms with E-state index in [9.17, 15) is 4.79 Å². The average Bonchev–Trinajstić information content (AvgIpc) is 2.05. The molecule has 0 aromatic heterocycles. The highest BCUT2D eigenvalue weighted by molar-refractivity contribution is 6.34.